The molecule has 0 bridgehead atoms. The second-order valence-electron chi connectivity index (χ2n) is 8.18. The minimum Gasteiger partial charge on any atom is -0.327 e. The number of allylic oxidation sites excluding steroid dienone is 4. The lowest BCUT2D eigenvalue weighted by molar-refractivity contribution is -0.143. The van der Waals surface area contributed by atoms with Gasteiger partial charge >= 0.3 is 6.18 Å². The Kier molecular flexibility index (Phi) is 5.27. The van der Waals surface area contributed by atoms with Crippen molar-refractivity contribution >= 4 is 0 Å². The number of hydrogen-bond donors (Lipinski definition) is 1. The summed E-state index contributed by atoms with van der Waals surface area (Å²) in [6.45, 7) is -0.269. The highest BCUT2D eigenvalue weighted by atomic mass is 19.4. The van der Waals surface area contributed by atoms with Crippen LogP contribution in [-0.4, -0.2) is 32.9 Å². The van der Waals surface area contributed by atoms with Gasteiger partial charge in [-0.2, -0.15) is 18.3 Å². The van der Waals surface area contributed by atoms with Crippen molar-refractivity contribution in [2.75, 3.05) is 0 Å². The predicted molar refractivity (Wildman–Crippen MR) is 93.2 cm³/mol. The van der Waals surface area contributed by atoms with Crippen molar-refractivity contribution in [3.05, 3.63) is 41.0 Å². The minimum absolute atomic E-state index is 0.0424. The molecule has 2 unspecified atom stereocenters. The molecule has 29 heavy (non-hydrogen) atoms. The molecule has 2 N–H and O–H groups in total. The van der Waals surface area contributed by atoms with E-state index in [0.29, 0.717) is 44.1 Å². The normalized spacial score (nSPS) is 31.2. The van der Waals surface area contributed by atoms with Crippen LogP contribution in [0.5, 0.6) is 0 Å². The Balaban J connectivity index is 1.39. The fraction of sp³-hybridized carbons (Fsp3) is 0.632. The van der Waals surface area contributed by atoms with Crippen LogP contribution in [0.25, 0.3) is 0 Å². The molecule has 1 aliphatic heterocycles. The zero-order valence-corrected chi connectivity index (χ0v) is 15.6. The summed E-state index contributed by atoms with van der Waals surface area (Å²) in [7, 11) is 0. The Morgan fingerprint density at radius 2 is 1.90 bits per heavy atom. The molecular weight excluding hydrogens is 398 g/mol. The first-order chi connectivity index (χ1) is 13.6. The lowest BCUT2D eigenvalue weighted by atomic mass is 9.72. The van der Waals surface area contributed by atoms with Gasteiger partial charge in [-0.1, -0.05) is 0 Å². The standard InChI is InChI=1S/C19H22F6N4/c20-14-5-16(22)15(21)4-13(14)12-2-1-11(3-17(12)26)28-7-10-6-27-29(18(10)8-28)9-19(23,24)25/h5-6,11-13,17H,1-4,7-9,26H2/t11-,12+,13?,17?/m0/s1. The highest BCUT2D eigenvalue weighted by Gasteiger charge is 2.41. The van der Waals surface area contributed by atoms with Crippen molar-refractivity contribution in [1.29, 1.82) is 0 Å². The van der Waals surface area contributed by atoms with Gasteiger partial charge in [-0.3, -0.25) is 9.58 Å². The fourth-order valence-corrected chi connectivity index (χ4v) is 4.88. The molecule has 0 radical (unpaired) electrons. The third-order valence-electron chi connectivity index (χ3n) is 6.33. The predicted octanol–water partition coefficient (Wildman–Crippen LogP) is 4.28. The number of hydrogen-bond acceptors (Lipinski definition) is 3. The fourth-order valence-electron chi connectivity index (χ4n) is 4.88. The summed E-state index contributed by atoms with van der Waals surface area (Å²) >= 11 is 0. The molecule has 3 aliphatic rings. The number of rotatable bonds is 3. The Bertz CT molecular complexity index is 842. The monoisotopic (exact) mass is 420 g/mol. The van der Waals surface area contributed by atoms with Crippen LogP contribution in [0.2, 0.25) is 0 Å². The Morgan fingerprint density at radius 1 is 1.14 bits per heavy atom. The molecule has 2 heterocycles. The number of nitrogens with two attached hydrogens (primary N) is 1. The molecule has 1 saturated carbocycles. The van der Waals surface area contributed by atoms with Crippen molar-refractivity contribution in [2.24, 2.45) is 17.6 Å². The summed E-state index contributed by atoms with van der Waals surface area (Å²) in [5.41, 5.74) is 7.61. The maximum Gasteiger partial charge on any atom is 0.408 e. The molecule has 0 amide bonds. The van der Waals surface area contributed by atoms with Crippen LogP contribution >= 0.6 is 0 Å². The van der Waals surface area contributed by atoms with Crippen molar-refractivity contribution in [3.8, 4) is 0 Å². The van der Waals surface area contributed by atoms with Crippen LogP contribution in [0.4, 0.5) is 26.3 Å². The summed E-state index contributed by atoms with van der Waals surface area (Å²) in [4.78, 5) is 2.07. The molecule has 2 aliphatic carbocycles. The van der Waals surface area contributed by atoms with E-state index in [1.807, 2.05) is 0 Å². The number of fused-ring (bicyclic) bond motifs is 1. The van der Waals surface area contributed by atoms with Crippen LogP contribution < -0.4 is 5.73 Å². The van der Waals surface area contributed by atoms with E-state index in [4.69, 9.17) is 5.73 Å². The first-order valence-electron chi connectivity index (χ1n) is 9.63. The van der Waals surface area contributed by atoms with Crippen LogP contribution in [0.3, 0.4) is 0 Å². The average Bonchev–Trinajstić information content (AvgIpc) is 3.19. The summed E-state index contributed by atoms with van der Waals surface area (Å²) in [5.74, 6) is -3.85. The summed E-state index contributed by atoms with van der Waals surface area (Å²) in [6.07, 6.45) is -0.835. The number of nitrogens with zero attached hydrogens (tertiary/aromatic N) is 3. The SMILES string of the molecule is NC1C[C@@H](N2Cc3cnn(CC(F)(F)F)c3C2)CC[C@@H]1C1CC(F)=C(F)C=C1F. The van der Waals surface area contributed by atoms with Gasteiger partial charge in [0.2, 0.25) is 0 Å². The molecule has 160 valence electrons. The molecular formula is C19H22F6N4. The highest BCUT2D eigenvalue weighted by Crippen LogP contribution is 2.43. The quantitative estimate of drug-likeness (QED) is 0.743. The first-order valence-corrected chi connectivity index (χ1v) is 9.63. The zero-order valence-electron chi connectivity index (χ0n) is 15.6. The maximum atomic E-state index is 14.2. The molecule has 0 saturated heterocycles. The van der Waals surface area contributed by atoms with Gasteiger partial charge in [-0.25, -0.2) is 13.2 Å². The van der Waals surface area contributed by atoms with E-state index in [9.17, 15) is 26.3 Å². The van der Waals surface area contributed by atoms with E-state index in [1.54, 1.807) is 0 Å². The van der Waals surface area contributed by atoms with Crippen molar-refractivity contribution in [1.82, 2.24) is 14.7 Å². The van der Waals surface area contributed by atoms with E-state index in [2.05, 4.69) is 10.00 Å². The largest absolute Gasteiger partial charge is 0.408 e. The van der Waals surface area contributed by atoms with Crippen LogP contribution in [-0.2, 0) is 19.6 Å². The van der Waals surface area contributed by atoms with Gasteiger partial charge in [0.25, 0.3) is 0 Å². The molecule has 4 rings (SSSR count). The van der Waals surface area contributed by atoms with Crippen molar-refractivity contribution in [2.45, 2.75) is 63.6 Å². The van der Waals surface area contributed by atoms with Crippen LogP contribution in [0.1, 0.15) is 36.9 Å². The van der Waals surface area contributed by atoms with E-state index < -0.39 is 42.2 Å². The molecule has 0 aromatic carbocycles. The molecule has 1 fully saturated rings. The second kappa shape index (κ2) is 7.46. The van der Waals surface area contributed by atoms with Gasteiger partial charge < -0.3 is 5.73 Å². The Labute approximate surface area is 164 Å². The molecule has 0 spiro atoms. The Morgan fingerprint density at radius 3 is 2.59 bits per heavy atom. The second-order valence-corrected chi connectivity index (χ2v) is 8.18. The van der Waals surface area contributed by atoms with Crippen LogP contribution in [0, 0.1) is 11.8 Å². The highest BCUT2D eigenvalue weighted by molar-refractivity contribution is 5.26. The summed E-state index contributed by atoms with van der Waals surface area (Å²) in [6, 6.07) is -0.358. The van der Waals surface area contributed by atoms with E-state index >= 15 is 0 Å². The molecule has 1 aromatic rings. The molecule has 1 aromatic heterocycles. The van der Waals surface area contributed by atoms with Crippen molar-refractivity contribution in [3.63, 3.8) is 0 Å². The summed E-state index contributed by atoms with van der Waals surface area (Å²) < 4.78 is 80.2. The topological polar surface area (TPSA) is 47.1 Å². The van der Waals surface area contributed by atoms with Gasteiger partial charge in [0.1, 0.15) is 18.2 Å². The van der Waals surface area contributed by atoms with Gasteiger partial charge in [0, 0.05) is 49.2 Å². The minimum atomic E-state index is -4.34. The number of aromatic nitrogens is 2. The molecule has 10 heteroatoms. The maximum absolute atomic E-state index is 14.2. The Hall–Kier alpha value is -1.81. The van der Waals surface area contributed by atoms with E-state index in [1.165, 1.54) is 6.20 Å². The lowest BCUT2D eigenvalue weighted by Crippen LogP contribution is -2.47. The van der Waals surface area contributed by atoms with Gasteiger partial charge in [0.15, 0.2) is 5.83 Å². The molecule has 4 nitrogen and oxygen atoms in total. The third kappa shape index (κ3) is 4.09. The zero-order chi connectivity index (χ0) is 20.9. The van der Waals surface area contributed by atoms with Crippen LogP contribution in [0.15, 0.2) is 29.8 Å². The number of alkyl halides is 3. The van der Waals surface area contributed by atoms with E-state index in [0.717, 1.165) is 10.2 Å². The summed E-state index contributed by atoms with van der Waals surface area (Å²) in [5, 5.41) is 3.84. The van der Waals surface area contributed by atoms with Crippen molar-refractivity contribution < 1.29 is 26.3 Å². The van der Waals surface area contributed by atoms with Gasteiger partial charge in [0.05, 0.1) is 11.9 Å². The van der Waals surface area contributed by atoms with E-state index in [-0.39, 0.29) is 18.4 Å². The average molecular weight is 420 g/mol. The first kappa shape index (κ1) is 20.5. The van der Waals surface area contributed by atoms with Gasteiger partial charge in [-0.15, -0.1) is 0 Å². The third-order valence-corrected chi connectivity index (χ3v) is 6.33. The van der Waals surface area contributed by atoms with Gasteiger partial charge in [-0.05, 0) is 25.2 Å². The number of halogens is 6. The smallest absolute Gasteiger partial charge is 0.327 e. The molecule has 4 atom stereocenters. The lowest BCUT2D eigenvalue weighted by Gasteiger charge is -2.41.